The van der Waals surface area contributed by atoms with Gasteiger partial charge in [-0.05, 0) is 30.7 Å². The molecule has 0 aromatic carbocycles. The van der Waals surface area contributed by atoms with E-state index in [2.05, 4.69) is 10.3 Å². The number of hydrogen-bond donors (Lipinski definition) is 1. The predicted molar refractivity (Wildman–Crippen MR) is 64.7 cm³/mol. The van der Waals surface area contributed by atoms with Gasteiger partial charge in [-0.1, -0.05) is 0 Å². The molecule has 0 atom stereocenters. The standard InChI is InChI=1S/C13H17FN2O2/c1-18-7-5-13(3-4-13)9-16-12(17)10-2-6-15-8-11(10)14/h2,6,8H,3-5,7,9H2,1H3,(H,16,17). The monoisotopic (exact) mass is 252 g/mol. The average molecular weight is 252 g/mol. The highest BCUT2D eigenvalue weighted by Gasteiger charge is 2.42. The molecule has 4 nitrogen and oxygen atoms in total. The number of amides is 1. The number of nitrogens with one attached hydrogen (secondary N) is 1. The smallest absolute Gasteiger partial charge is 0.254 e. The molecule has 5 heteroatoms. The zero-order valence-corrected chi connectivity index (χ0v) is 10.4. The van der Waals surface area contributed by atoms with Gasteiger partial charge >= 0.3 is 0 Å². The van der Waals surface area contributed by atoms with Crippen molar-refractivity contribution in [1.29, 1.82) is 0 Å². The highest BCUT2D eigenvalue weighted by atomic mass is 19.1. The molecule has 18 heavy (non-hydrogen) atoms. The van der Waals surface area contributed by atoms with Crippen LogP contribution in [0.5, 0.6) is 0 Å². The molecule has 1 N–H and O–H groups in total. The number of ether oxygens (including phenoxy) is 1. The summed E-state index contributed by atoms with van der Waals surface area (Å²) in [6.45, 7) is 1.27. The summed E-state index contributed by atoms with van der Waals surface area (Å²) in [5.74, 6) is -0.963. The van der Waals surface area contributed by atoms with Gasteiger partial charge in [0.1, 0.15) is 0 Å². The first-order chi connectivity index (χ1) is 8.67. The minimum Gasteiger partial charge on any atom is -0.385 e. The number of carbonyl (C=O) groups excluding carboxylic acids is 1. The van der Waals surface area contributed by atoms with Gasteiger partial charge in [-0.2, -0.15) is 0 Å². The van der Waals surface area contributed by atoms with Crippen LogP contribution in [0.3, 0.4) is 0 Å². The third-order valence-corrected chi connectivity index (χ3v) is 3.43. The zero-order chi connectivity index (χ0) is 13.0. The van der Waals surface area contributed by atoms with Gasteiger partial charge in [0, 0.05) is 26.5 Å². The van der Waals surface area contributed by atoms with E-state index < -0.39 is 5.82 Å². The molecular weight excluding hydrogens is 235 g/mol. The van der Waals surface area contributed by atoms with E-state index in [4.69, 9.17) is 4.74 Å². The second-order valence-electron chi connectivity index (χ2n) is 4.78. The summed E-state index contributed by atoms with van der Waals surface area (Å²) < 4.78 is 18.4. The van der Waals surface area contributed by atoms with Crippen LogP contribution in [0.4, 0.5) is 4.39 Å². The van der Waals surface area contributed by atoms with Gasteiger partial charge in [0.05, 0.1) is 11.8 Å². The molecule has 0 aliphatic heterocycles. The van der Waals surface area contributed by atoms with E-state index in [1.54, 1.807) is 7.11 Å². The molecular formula is C13H17FN2O2. The first kappa shape index (κ1) is 13.0. The van der Waals surface area contributed by atoms with Crippen molar-refractivity contribution in [2.45, 2.75) is 19.3 Å². The van der Waals surface area contributed by atoms with E-state index in [9.17, 15) is 9.18 Å². The van der Waals surface area contributed by atoms with Crippen LogP contribution >= 0.6 is 0 Å². The Labute approximate surface area is 106 Å². The number of halogens is 1. The molecule has 1 aliphatic rings. The second-order valence-corrected chi connectivity index (χ2v) is 4.78. The van der Waals surface area contributed by atoms with Crippen molar-refractivity contribution in [1.82, 2.24) is 10.3 Å². The summed E-state index contributed by atoms with van der Waals surface area (Å²) in [5, 5.41) is 2.79. The Bertz CT molecular complexity index is 433. The number of carbonyl (C=O) groups is 1. The van der Waals surface area contributed by atoms with Crippen LogP contribution in [0.1, 0.15) is 29.6 Å². The van der Waals surface area contributed by atoms with Crippen LogP contribution in [-0.2, 0) is 4.74 Å². The third kappa shape index (κ3) is 3.04. The number of rotatable bonds is 6. The molecule has 1 saturated carbocycles. The average Bonchev–Trinajstić information content (AvgIpc) is 3.15. The van der Waals surface area contributed by atoms with E-state index in [0.717, 1.165) is 25.5 Å². The summed E-state index contributed by atoms with van der Waals surface area (Å²) in [6, 6.07) is 1.39. The molecule has 1 aromatic rings. The molecule has 0 radical (unpaired) electrons. The molecule has 1 aromatic heterocycles. The Morgan fingerprint density at radius 1 is 1.61 bits per heavy atom. The van der Waals surface area contributed by atoms with Gasteiger partial charge < -0.3 is 10.1 Å². The quantitative estimate of drug-likeness (QED) is 0.839. The van der Waals surface area contributed by atoms with E-state index >= 15 is 0 Å². The normalized spacial score (nSPS) is 16.3. The van der Waals surface area contributed by atoms with Crippen molar-refractivity contribution in [3.05, 3.63) is 29.8 Å². The fourth-order valence-electron chi connectivity index (χ4n) is 1.93. The molecule has 0 saturated heterocycles. The van der Waals surface area contributed by atoms with E-state index in [-0.39, 0.29) is 16.9 Å². The molecule has 0 spiro atoms. The van der Waals surface area contributed by atoms with Crippen molar-refractivity contribution in [3.63, 3.8) is 0 Å². The van der Waals surface area contributed by atoms with Gasteiger partial charge in [0.15, 0.2) is 5.82 Å². The van der Waals surface area contributed by atoms with E-state index in [1.807, 2.05) is 0 Å². The fraction of sp³-hybridized carbons (Fsp3) is 0.538. The molecule has 98 valence electrons. The Balaban J connectivity index is 1.87. The first-order valence-corrected chi connectivity index (χ1v) is 6.03. The Kier molecular flexibility index (Phi) is 3.91. The molecule has 0 bridgehead atoms. The fourth-order valence-corrected chi connectivity index (χ4v) is 1.93. The molecule has 0 unspecified atom stereocenters. The zero-order valence-electron chi connectivity index (χ0n) is 10.4. The van der Waals surface area contributed by atoms with Gasteiger partial charge in [-0.25, -0.2) is 4.39 Å². The molecule has 1 aliphatic carbocycles. The molecule has 1 heterocycles. The number of nitrogens with zero attached hydrogens (tertiary/aromatic N) is 1. The van der Waals surface area contributed by atoms with E-state index in [0.29, 0.717) is 13.2 Å². The number of methoxy groups -OCH3 is 1. The number of hydrogen-bond acceptors (Lipinski definition) is 3. The maximum atomic E-state index is 13.3. The lowest BCUT2D eigenvalue weighted by Gasteiger charge is -2.15. The summed E-state index contributed by atoms with van der Waals surface area (Å²) in [5.41, 5.74) is 0.211. The minimum absolute atomic E-state index is 0.0486. The van der Waals surface area contributed by atoms with Gasteiger partial charge in [-0.15, -0.1) is 0 Å². The van der Waals surface area contributed by atoms with Crippen molar-refractivity contribution >= 4 is 5.91 Å². The summed E-state index contributed by atoms with van der Waals surface area (Å²) >= 11 is 0. The molecule has 1 fully saturated rings. The molecule has 2 rings (SSSR count). The predicted octanol–water partition coefficient (Wildman–Crippen LogP) is 1.77. The maximum Gasteiger partial charge on any atom is 0.254 e. The largest absolute Gasteiger partial charge is 0.385 e. The lowest BCUT2D eigenvalue weighted by molar-refractivity contribution is 0.0933. The van der Waals surface area contributed by atoms with Gasteiger partial charge in [0.2, 0.25) is 0 Å². The van der Waals surface area contributed by atoms with Crippen LogP contribution in [0.2, 0.25) is 0 Å². The Hall–Kier alpha value is -1.49. The van der Waals surface area contributed by atoms with Crippen molar-refractivity contribution < 1.29 is 13.9 Å². The third-order valence-electron chi connectivity index (χ3n) is 3.43. The van der Waals surface area contributed by atoms with Crippen LogP contribution in [0.15, 0.2) is 18.5 Å². The van der Waals surface area contributed by atoms with Crippen molar-refractivity contribution in [2.24, 2.45) is 5.41 Å². The first-order valence-electron chi connectivity index (χ1n) is 6.03. The number of aromatic nitrogens is 1. The van der Waals surface area contributed by atoms with Crippen molar-refractivity contribution in [3.8, 4) is 0 Å². The van der Waals surface area contributed by atoms with Crippen LogP contribution < -0.4 is 5.32 Å². The maximum absolute atomic E-state index is 13.3. The number of pyridine rings is 1. The van der Waals surface area contributed by atoms with E-state index in [1.165, 1.54) is 12.3 Å². The Morgan fingerprint density at radius 2 is 2.39 bits per heavy atom. The van der Waals surface area contributed by atoms with Crippen molar-refractivity contribution in [2.75, 3.05) is 20.3 Å². The summed E-state index contributed by atoms with van der Waals surface area (Å²) in [6.07, 6.45) is 5.58. The van der Waals surface area contributed by atoms with Gasteiger partial charge in [-0.3, -0.25) is 9.78 Å². The van der Waals surface area contributed by atoms with Crippen LogP contribution in [0.25, 0.3) is 0 Å². The molecule has 1 amide bonds. The topological polar surface area (TPSA) is 51.2 Å². The summed E-state index contributed by atoms with van der Waals surface area (Å²) in [7, 11) is 1.67. The Morgan fingerprint density at radius 3 is 3.00 bits per heavy atom. The SMILES string of the molecule is COCCC1(CNC(=O)c2ccncc2F)CC1. The van der Waals surface area contributed by atoms with Crippen LogP contribution in [-0.4, -0.2) is 31.2 Å². The minimum atomic E-state index is -0.586. The second kappa shape index (κ2) is 5.44. The lowest BCUT2D eigenvalue weighted by atomic mass is 10.0. The highest BCUT2D eigenvalue weighted by Crippen LogP contribution is 2.48. The summed E-state index contributed by atoms with van der Waals surface area (Å²) in [4.78, 5) is 15.4. The highest BCUT2D eigenvalue weighted by molar-refractivity contribution is 5.94. The van der Waals surface area contributed by atoms with Gasteiger partial charge in [0.25, 0.3) is 5.91 Å². The van der Waals surface area contributed by atoms with Crippen LogP contribution in [0, 0.1) is 11.2 Å². The lowest BCUT2D eigenvalue weighted by Crippen LogP contribution is -2.31.